The molecule has 2 heterocycles. The van der Waals surface area contributed by atoms with Crippen LogP contribution in [0.3, 0.4) is 0 Å². The average Bonchev–Trinajstić information content (AvgIpc) is 2.67. The molecule has 1 N–H and O–H groups in total. The Morgan fingerprint density at radius 1 is 1.25 bits per heavy atom. The van der Waals surface area contributed by atoms with Crippen LogP contribution >= 0.6 is 27.3 Å². The third-order valence-electron chi connectivity index (χ3n) is 2.65. The lowest BCUT2D eigenvalue weighted by atomic mass is 10.0. The number of hydrogen-bond donors (Lipinski definition) is 1. The summed E-state index contributed by atoms with van der Waals surface area (Å²) in [6.45, 7) is 5.21. The molecule has 0 bridgehead atoms. The molecular weight excluding hydrogens is 344 g/mol. The number of amides is 4. The van der Waals surface area contributed by atoms with Gasteiger partial charge >= 0.3 is 6.03 Å². The second kappa shape index (κ2) is 5.14. The Bertz CT molecular complexity index is 628. The van der Waals surface area contributed by atoms with E-state index in [1.165, 1.54) is 17.4 Å². The van der Waals surface area contributed by atoms with Gasteiger partial charge in [0.1, 0.15) is 5.57 Å². The van der Waals surface area contributed by atoms with Gasteiger partial charge in [-0.05, 0) is 54.9 Å². The summed E-state index contributed by atoms with van der Waals surface area (Å²) in [5, 5.41) is 2.20. The molecule has 2 rings (SSSR count). The monoisotopic (exact) mass is 356 g/mol. The zero-order valence-electron chi connectivity index (χ0n) is 11.2. The van der Waals surface area contributed by atoms with Gasteiger partial charge in [-0.15, -0.1) is 11.3 Å². The van der Waals surface area contributed by atoms with E-state index in [0.717, 1.165) is 13.6 Å². The third kappa shape index (κ3) is 2.83. The molecule has 0 saturated carbocycles. The number of nitrogens with one attached hydrogen (secondary N) is 1. The first-order chi connectivity index (χ1) is 9.20. The molecule has 4 amide bonds. The van der Waals surface area contributed by atoms with Crippen LogP contribution in [0.1, 0.15) is 25.6 Å². The second-order valence-electron chi connectivity index (χ2n) is 5.27. The highest BCUT2D eigenvalue weighted by Crippen LogP contribution is 2.26. The normalized spacial score (nSPS) is 18.7. The molecule has 1 saturated heterocycles. The zero-order chi connectivity index (χ0) is 15.1. The third-order valence-corrected chi connectivity index (χ3v) is 4.22. The van der Waals surface area contributed by atoms with E-state index in [9.17, 15) is 14.4 Å². The highest BCUT2D eigenvalue weighted by molar-refractivity contribution is 9.11. The molecule has 1 aromatic rings. The van der Waals surface area contributed by atoms with Crippen LogP contribution in [0.25, 0.3) is 6.08 Å². The zero-order valence-corrected chi connectivity index (χ0v) is 13.6. The van der Waals surface area contributed by atoms with E-state index >= 15 is 0 Å². The van der Waals surface area contributed by atoms with Crippen molar-refractivity contribution in [1.29, 1.82) is 0 Å². The summed E-state index contributed by atoms with van der Waals surface area (Å²) >= 11 is 4.72. The second-order valence-corrected chi connectivity index (χ2v) is 7.77. The molecular formula is C13H13BrN2O3S. The first kappa shape index (κ1) is 14.9. The molecule has 106 valence electrons. The van der Waals surface area contributed by atoms with Crippen molar-refractivity contribution >= 4 is 51.2 Å². The topological polar surface area (TPSA) is 66.5 Å². The first-order valence-electron chi connectivity index (χ1n) is 5.87. The van der Waals surface area contributed by atoms with Crippen LogP contribution in [0.2, 0.25) is 0 Å². The van der Waals surface area contributed by atoms with Gasteiger partial charge in [0.25, 0.3) is 11.8 Å². The van der Waals surface area contributed by atoms with E-state index in [1.807, 2.05) is 6.07 Å². The molecule has 0 spiro atoms. The average molecular weight is 357 g/mol. The van der Waals surface area contributed by atoms with Gasteiger partial charge in [-0.2, -0.15) is 0 Å². The Morgan fingerprint density at radius 2 is 1.90 bits per heavy atom. The number of rotatable bonds is 1. The lowest BCUT2D eigenvalue weighted by Crippen LogP contribution is -2.60. The maximum Gasteiger partial charge on any atom is 0.331 e. The smallest absolute Gasteiger partial charge is 0.273 e. The number of imide groups is 2. The van der Waals surface area contributed by atoms with Crippen LogP contribution in [0.4, 0.5) is 4.79 Å². The van der Waals surface area contributed by atoms with Crippen LogP contribution in [-0.2, 0) is 9.59 Å². The number of carbonyl (C=O) groups is 3. The minimum Gasteiger partial charge on any atom is -0.273 e. The first-order valence-corrected chi connectivity index (χ1v) is 7.48. The Balaban J connectivity index is 2.42. The Morgan fingerprint density at radius 3 is 2.40 bits per heavy atom. The van der Waals surface area contributed by atoms with Gasteiger partial charge in [0.2, 0.25) is 0 Å². The SMILES string of the molecule is CC(C)(C)N1C(=O)NC(=O)/C(=C\c2ccc(Br)s2)C1=O. The van der Waals surface area contributed by atoms with E-state index in [-0.39, 0.29) is 5.57 Å². The highest BCUT2D eigenvalue weighted by atomic mass is 79.9. The fourth-order valence-electron chi connectivity index (χ4n) is 1.81. The molecule has 1 aliphatic rings. The van der Waals surface area contributed by atoms with Crippen molar-refractivity contribution in [2.24, 2.45) is 0 Å². The van der Waals surface area contributed by atoms with Crippen LogP contribution in [0.5, 0.6) is 0 Å². The molecule has 20 heavy (non-hydrogen) atoms. The van der Waals surface area contributed by atoms with Crippen molar-refractivity contribution in [2.75, 3.05) is 0 Å². The van der Waals surface area contributed by atoms with Crippen LogP contribution < -0.4 is 5.32 Å². The summed E-state index contributed by atoms with van der Waals surface area (Å²) in [7, 11) is 0. The van der Waals surface area contributed by atoms with Gasteiger partial charge in [0, 0.05) is 10.4 Å². The molecule has 0 atom stereocenters. The fraction of sp³-hybridized carbons (Fsp3) is 0.308. The van der Waals surface area contributed by atoms with Crippen LogP contribution in [-0.4, -0.2) is 28.3 Å². The Kier molecular flexibility index (Phi) is 3.84. The Hall–Kier alpha value is -1.47. The number of hydrogen-bond acceptors (Lipinski definition) is 4. The number of barbiturate groups is 1. The lowest BCUT2D eigenvalue weighted by Gasteiger charge is -2.36. The van der Waals surface area contributed by atoms with Crippen LogP contribution in [0.15, 0.2) is 21.5 Å². The van der Waals surface area contributed by atoms with Gasteiger partial charge in [-0.25, -0.2) is 4.79 Å². The lowest BCUT2D eigenvalue weighted by molar-refractivity contribution is -0.133. The van der Waals surface area contributed by atoms with Gasteiger partial charge < -0.3 is 0 Å². The molecule has 7 heteroatoms. The minimum atomic E-state index is -0.697. The Labute approximate surface area is 128 Å². The van der Waals surface area contributed by atoms with Gasteiger partial charge in [-0.3, -0.25) is 19.8 Å². The van der Waals surface area contributed by atoms with E-state index < -0.39 is 23.4 Å². The molecule has 0 radical (unpaired) electrons. The summed E-state index contributed by atoms with van der Waals surface area (Å²) in [5.74, 6) is -1.24. The summed E-state index contributed by atoms with van der Waals surface area (Å²) in [6, 6.07) is 2.94. The maximum atomic E-state index is 12.4. The van der Waals surface area contributed by atoms with Crippen molar-refractivity contribution in [3.63, 3.8) is 0 Å². The molecule has 0 unspecified atom stereocenters. The molecule has 0 aliphatic carbocycles. The number of carbonyl (C=O) groups excluding carboxylic acids is 3. The summed E-state index contributed by atoms with van der Waals surface area (Å²) in [5.41, 5.74) is -0.731. The maximum absolute atomic E-state index is 12.4. The van der Waals surface area contributed by atoms with E-state index in [4.69, 9.17) is 0 Å². The van der Waals surface area contributed by atoms with Crippen LogP contribution in [0, 0.1) is 0 Å². The molecule has 1 fully saturated rings. The molecule has 1 aliphatic heterocycles. The van der Waals surface area contributed by atoms with Gasteiger partial charge in [-0.1, -0.05) is 0 Å². The predicted molar refractivity (Wildman–Crippen MR) is 80.1 cm³/mol. The van der Waals surface area contributed by atoms with Gasteiger partial charge in [0.15, 0.2) is 0 Å². The standard InChI is InChI=1S/C13H13BrN2O3S/c1-13(2,3)16-11(18)8(10(17)15-12(16)19)6-7-4-5-9(14)20-7/h4-6H,1-3H3,(H,15,17,19)/b8-6+. The van der Waals surface area contributed by atoms with Crippen molar-refractivity contribution in [1.82, 2.24) is 10.2 Å². The van der Waals surface area contributed by atoms with Crippen molar-refractivity contribution < 1.29 is 14.4 Å². The van der Waals surface area contributed by atoms with E-state index in [2.05, 4.69) is 21.2 Å². The summed E-state index contributed by atoms with van der Waals surface area (Å²) in [4.78, 5) is 37.8. The van der Waals surface area contributed by atoms with Crippen molar-refractivity contribution in [3.8, 4) is 0 Å². The minimum absolute atomic E-state index is 0.0334. The largest absolute Gasteiger partial charge is 0.331 e. The summed E-state index contributed by atoms with van der Waals surface area (Å²) in [6.07, 6.45) is 1.50. The quantitative estimate of drug-likeness (QED) is 0.621. The summed E-state index contributed by atoms with van der Waals surface area (Å²) < 4.78 is 0.900. The van der Waals surface area contributed by atoms with E-state index in [0.29, 0.717) is 0 Å². The number of thiophene rings is 1. The van der Waals surface area contributed by atoms with Gasteiger partial charge in [0.05, 0.1) is 3.79 Å². The number of halogens is 1. The van der Waals surface area contributed by atoms with Crippen molar-refractivity contribution in [3.05, 3.63) is 26.4 Å². The van der Waals surface area contributed by atoms with Crippen molar-refractivity contribution in [2.45, 2.75) is 26.3 Å². The number of nitrogens with zero attached hydrogens (tertiary/aromatic N) is 1. The fourth-order valence-corrected chi connectivity index (χ4v) is 3.18. The number of urea groups is 1. The molecule has 0 aromatic carbocycles. The van der Waals surface area contributed by atoms with E-state index in [1.54, 1.807) is 26.8 Å². The molecule has 5 nitrogen and oxygen atoms in total. The highest BCUT2D eigenvalue weighted by Gasteiger charge is 2.41. The molecule has 1 aromatic heterocycles. The predicted octanol–water partition coefficient (Wildman–Crippen LogP) is 2.77.